The van der Waals surface area contributed by atoms with Gasteiger partial charge in [-0.1, -0.05) is 29.8 Å². The van der Waals surface area contributed by atoms with Crippen molar-refractivity contribution in [1.29, 1.82) is 0 Å². The number of aliphatic hydroxyl groups is 1. The van der Waals surface area contributed by atoms with Crippen LogP contribution < -0.4 is 10.6 Å². The second-order valence-corrected chi connectivity index (χ2v) is 6.35. The lowest BCUT2D eigenvalue weighted by atomic mass is 9.89. The smallest absolute Gasteiger partial charge is 0.319 e. The number of nitrogens with one attached hydrogen (secondary N) is 2. The fourth-order valence-electron chi connectivity index (χ4n) is 1.61. The Bertz CT molecular complexity index is 466. The molecule has 0 aliphatic heterocycles. The Balaban J connectivity index is 2.34. The number of benzene rings is 1. The molecule has 1 rings (SSSR count). The van der Waals surface area contributed by atoms with E-state index in [0.29, 0.717) is 11.0 Å². The van der Waals surface area contributed by atoms with Gasteiger partial charge < -0.3 is 15.7 Å². The van der Waals surface area contributed by atoms with E-state index in [2.05, 4.69) is 26.6 Å². The molecular formula is C14H20BrFN2O2. The van der Waals surface area contributed by atoms with Gasteiger partial charge in [-0.05, 0) is 36.5 Å². The number of halogens is 2. The predicted octanol–water partition coefficient (Wildman–Crippen LogP) is 3.51. The Hall–Kier alpha value is -1.14. The van der Waals surface area contributed by atoms with Gasteiger partial charge in [0.05, 0.1) is 5.69 Å². The molecule has 0 saturated carbocycles. The van der Waals surface area contributed by atoms with Crippen LogP contribution in [0.4, 0.5) is 14.9 Å². The molecule has 0 aliphatic carbocycles. The molecule has 0 atom stereocenters. The van der Waals surface area contributed by atoms with Crippen LogP contribution >= 0.6 is 15.9 Å². The van der Waals surface area contributed by atoms with E-state index >= 15 is 0 Å². The molecule has 0 heterocycles. The van der Waals surface area contributed by atoms with E-state index in [1.165, 1.54) is 12.1 Å². The van der Waals surface area contributed by atoms with Crippen LogP contribution in [-0.2, 0) is 0 Å². The molecular weight excluding hydrogens is 327 g/mol. The Labute approximate surface area is 126 Å². The first-order valence-corrected chi connectivity index (χ1v) is 7.24. The molecule has 1 aromatic carbocycles. The van der Waals surface area contributed by atoms with Crippen molar-refractivity contribution in [2.24, 2.45) is 5.41 Å². The number of urea groups is 1. The fraction of sp³-hybridized carbons (Fsp3) is 0.500. The SMILES string of the molecule is CC(C)(CO)CCCNC(=O)Nc1ccc(Br)cc1F. The first kappa shape index (κ1) is 16.9. The van der Waals surface area contributed by atoms with E-state index < -0.39 is 11.8 Å². The highest BCUT2D eigenvalue weighted by Gasteiger charge is 2.15. The Kier molecular flexibility index (Phi) is 6.42. The summed E-state index contributed by atoms with van der Waals surface area (Å²) in [6.45, 7) is 4.52. The molecule has 0 aliphatic rings. The van der Waals surface area contributed by atoms with Crippen LogP contribution in [0.5, 0.6) is 0 Å². The van der Waals surface area contributed by atoms with Gasteiger partial charge in [0.25, 0.3) is 0 Å². The van der Waals surface area contributed by atoms with Gasteiger partial charge in [-0.2, -0.15) is 0 Å². The number of aliphatic hydroxyl groups excluding tert-OH is 1. The van der Waals surface area contributed by atoms with E-state index in [-0.39, 0.29) is 17.7 Å². The molecule has 0 radical (unpaired) electrons. The topological polar surface area (TPSA) is 61.4 Å². The van der Waals surface area contributed by atoms with E-state index in [0.717, 1.165) is 12.8 Å². The maximum absolute atomic E-state index is 13.5. The van der Waals surface area contributed by atoms with Gasteiger partial charge in [-0.3, -0.25) is 0 Å². The number of carbonyl (C=O) groups is 1. The summed E-state index contributed by atoms with van der Waals surface area (Å²) in [4.78, 5) is 11.6. The highest BCUT2D eigenvalue weighted by Crippen LogP contribution is 2.21. The molecule has 0 fully saturated rings. The summed E-state index contributed by atoms with van der Waals surface area (Å²) in [6, 6.07) is 4.00. The summed E-state index contributed by atoms with van der Waals surface area (Å²) < 4.78 is 14.1. The highest BCUT2D eigenvalue weighted by atomic mass is 79.9. The van der Waals surface area contributed by atoms with Crippen LogP contribution in [0.25, 0.3) is 0 Å². The zero-order chi connectivity index (χ0) is 15.2. The molecule has 1 aromatic rings. The first-order valence-electron chi connectivity index (χ1n) is 6.45. The van der Waals surface area contributed by atoms with Crippen molar-refractivity contribution in [1.82, 2.24) is 5.32 Å². The number of hydrogen-bond donors (Lipinski definition) is 3. The van der Waals surface area contributed by atoms with Crippen molar-refractivity contribution in [3.63, 3.8) is 0 Å². The maximum atomic E-state index is 13.5. The van der Waals surface area contributed by atoms with Crippen LogP contribution in [0, 0.1) is 11.2 Å². The normalized spacial score (nSPS) is 11.2. The lowest BCUT2D eigenvalue weighted by Crippen LogP contribution is -2.30. The Morgan fingerprint density at radius 1 is 1.45 bits per heavy atom. The largest absolute Gasteiger partial charge is 0.396 e. The highest BCUT2D eigenvalue weighted by molar-refractivity contribution is 9.10. The third kappa shape index (κ3) is 5.88. The average Bonchev–Trinajstić information content (AvgIpc) is 2.38. The molecule has 112 valence electrons. The van der Waals surface area contributed by atoms with Crippen molar-refractivity contribution in [3.05, 3.63) is 28.5 Å². The quantitative estimate of drug-likeness (QED) is 0.690. The minimum atomic E-state index is -0.490. The molecule has 6 heteroatoms. The maximum Gasteiger partial charge on any atom is 0.319 e. The monoisotopic (exact) mass is 346 g/mol. The van der Waals surface area contributed by atoms with Crippen LogP contribution in [0.3, 0.4) is 0 Å². The summed E-state index contributed by atoms with van der Waals surface area (Å²) in [5.41, 5.74) is -0.00271. The first-order chi connectivity index (χ1) is 9.34. The van der Waals surface area contributed by atoms with Gasteiger partial charge in [0.1, 0.15) is 5.82 Å². The standard InChI is InChI=1S/C14H20BrFN2O2/c1-14(2,9-19)6-3-7-17-13(20)18-12-5-4-10(15)8-11(12)16/h4-5,8,19H,3,6-7,9H2,1-2H3,(H2,17,18,20). The molecule has 4 nitrogen and oxygen atoms in total. The Morgan fingerprint density at radius 2 is 2.15 bits per heavy atom. The van der Waals surface area contributed by atoms with Crippen molar-refractivity contribution in [3.8, 4) is 0 Å². The second-order valence-electron chi connectivity index (χ2n) is 5.43. The van der Waals surface area contributed by atoms with Gasteiger partial charge in [-0.25, -0.2) is 9.18 Å². The lowest BCUT2D eigenvalue weighted by molar-refractivity contribution is 0.148. The fourth-order valence-corrected chi connectivity index (χ4v) is 1.94. The van der Waals surface area contributed by atoms with E-state index in [1.807, 2.05) is 13.8 Å². The summed E-state index contributed by atoms with van der Waals surface area (Å²) >= 11 is 3.15. The van der Waals surface area contributed by atoms with Gasteiger partial charge in [-0.15, -0.1) is 0 Å². The van der Waals surface area contributed by atoms with Gasteiger partial charge in [0.2, 0.25) is 0 Å². The number of rotatable bonds is 6. The zero-order valence-corrected chi connectivity index (χ0v) is 13.3. The van der Waals surface area contributed by atoms with E-state index in [1.54, 1.807) is 6.07 Å². The van der Waals surface area contributed by atoms with E-state index in [4.69, 9.17) is 5.11 Å². The molecule has 0 aromatic heterocycles. The molecule has 20 heavy (non-hydrogen) atoms. The zero-order valence-electron chi connectivity index (χ0n) is 11.7. The van der Waals surface area contributed by atoms with Crippen LogP contribution in [0.1, 0.15) is 26.7 Å². The van der Waals surface area contributed by atoms with Crippen molar-refractivity contribution < 1.29 is 14.3 Å². The number of hydrogen-bond acceptors (Lipinski definition) is 2. The summed E-state index contributed by atoms with van der Waals surface area (Å²) in [6.07, 6.45) is 1.56. The second kappa shape index (κ2) is 7.59. The number of amides is 2. The third-order valence-electron chi connectivity index (χ3n) is 2.92. The predicted molar refractivity (Wildman–Crippen MR) is 81.2 cm³/mol. The summed E-state index contributed by atoms with van der Waals surface area (Å²) in [7, 11) is 0. The van der Waals surface area contributed by atoms with E-state index in [9.17, 15) is 9.18 Å². The van der Waals surface area contributed by atoms with Gasteiger partial charge in [0.15, 0.2) is 0 Å². The number of anilines is 1. The third-order valence-corrected chi connectivity index (χ3v) is 3.42. The molecule has 3 N–H and O–H groups in total. The van der Waals surface area contributed by atoms with Crippen LogP contribution in [0.15, 0.2) is 22.7 Å². The van der Waals surface area contributed by atoms with Crippen LogP contribution in [-0.4, -0.2) is 24.3 Å². The minimum Gasteiger partial charge on any atom is -0.396 e. The molecule has 0 unspecified atom stereocenters. The van der Waals surface area contributed by atoms with Crippen LogP contribution in [0.2, 0.25) is 0 Å². The molecule has 0 spiro atoms. The molecule has 0 bridgehead atoms. The minimum absolute atomic E-state index is 0.114. The molecule has 0 saturated heterocycles. The van der Waals surface area contributed by atoms with Gasteiger partial charge in [0, 0.05) is 17.6 Å². The Morgan fingerprint density at radius 3 is 2.75 bits per heavy atom. The van der Waals surface area contributed by atoms with Gasteiger partial charge >= 0.3 is 6.03 Å². The van der Waals surface area contributed by atoms with Crippen molar-refractivity contribution in [2.45, 2.75) is 26.7 Å². The molecule has 2 amide bonds. The lowest BCUT2D eigenvalue weighted by Gasteiger charge is -2.21. The summed E-state index contributed by atoms with van der Waals surface area (Å²) in [5.74, 6) is -0.490. The number of carbonyl (C=O) groups excluding carboxylic acids is 1. The average molecular weight is 347 g/mol. The van der Waals surface area contributed by atoms with Crippen molar-refractivity contribution in [2.75, 3.05) is 18.5 Å². The summed E-state index contributed by atoms with van der Waals surface area (Å²) in [5, 5.41) is 14.2. The van der Waals surface area contributed by atoms with Crippen molar-refractivity contribution >= 4 is 27.6 Å².